The molecule has 0 radical (unpaired) electrons. The molecule has 12 aromatic rings. The molecule has 0 saturated carbocycles. The normalized spacial score (nSPS) is 11.5. The average Bonchev–Trinajstić information content (AvgIpc) is 3.91. The largest absolute Gasteiger partial charge is 0.456 e. The highest BCUT2D eigenvalue weighted by Crippen LogP contribution is 2.43. The van der Waals surface area contributed by atoms with Gasteiger partial charge in [-0.3, -0.25) is 0 Å². The second-order valence-corrected chi connectivity index (χ2v) is 16.1. The lowest BCUT2D eigenvalue weighted by atomic mass is 9.94. The third-order valence-electron chi connectivity index (χ3n) is 12.4. The molecule has 12 rings (SSSR count). The van der Waals surface area contributed by atoms with E-state index in [0.717, 1.165) is 55.8 Å². The second-order valence-electron chi connectivity index (χ2n) is 16.1. The Morgan fingerprint density at radius 2 is 0.762 bits per heavy atom. The second kappa shape index (κ2) is 15.3. The van der Waals surface area contributed by atoms with Crippen LogP contribution >= 0.6 is 0 Å². The van der Waals surface area contributed by atoms with E-state index >= 15 is 0 Å². The standard InChI is InChI=1S/C60H40N2O/c1-3-16-41(17-4-1)48-20-7-8-21-49(48)43-30-34-45(35-31-43)61(47-38-39-54-59(40-47)63-58-29-15-25-51(60(54)58)42-18-5-2-6-19-42)46-36-32-44(33-37-46)50-22-9-12-26-55(50)62-56-27-13-10-23-52(56)53-24-11-14-28-57(53)62/h1-40H. The van der Waals surface area contributed by atoms with Crippen molar-refractivity contribution in [1.82, 2.24) is 4.57 Å². The summed E-state index contributed by atoms with van der Waals surface area (Å²) in [6.07, 6.45) is 0. The lowest BCUT2D eigenvalue weighted by Gasteiger charge is -2.26. The Morgan fingerprint density at radius 1 is 0.302 bits per heavy atom. The van der Waals surface area contributed by atoms with Crippen molar-refractivity contribution in [3.63, 3.8) is 0 Å². The molecule has 0 unspecified atom stereocenters. The van der Waals surface area contributed by atoms with Gasteiger partial charge < -0.3 is 13.9 Å². The monoisotopic (exact) mass is 804 g/mol. The molecule has 3 heteroatoms. The van der Waals surface area contributed by atoms with Crippen LogP contribution in [0.2, 0.25) is 0 Å². The Hall–Kier alpha value is -8.40. The molecule has 3 nitrogen and oxygen atoms in total. The van der Waals surface area contributed by atoms with Crippen LogP contribution in [0.4, 0.5) is 17.1 Å². The van der Waals surface area contributed by atoms with E-state index in [4.69, 9.17) is 4.42 Å². The number of furan rings is 1. The summed E-state index contributed by atoms with van der Waals surface area (Å²) in [7, 11) is 0. The van der Waals surface area contributed by atoms with E-state index in [1.807, 2.05) is 0 Å². The molecule has 0 fully saturated rings. The maximum Gasteiger partial charge on any atom is 0.137 e. The van der Waals surface area contributed by atoms with Gasteiger partial charge in [-0.2, -0.15) is 0 Å². The van der Waals surface area contributed by atoms with Gasteiger partial charge in [0.15, 0.2) is 0 Å². The molecule has 10 aromatic carbocycles. The van der Waals surface area contributed by atoms with E-state index in [1.165, 1.54) is 55.2 Å². The van der Waals surface area contributed by atoms with Crippen molar-refractivity contribution < 1.29 is 4.42 Å². The van der Waals surface area contributed by atoms with Gasteiger partial charge in [0.2, 0.25) is 0 Å². The van der Waals surface area contributed by atoms with Gasteiger partial charge in [-0.05, 0) is 99.6 Å². The van der Waals surface area contributed by atoms with Crippen LogP contribution in [0.1, 0.15) is 0 Å². The van der Waals surface area contributed by atoms with Gasteiger partial charge in [-0.1, -0.05) is 176 Å². The molecule has 0 aliphatic rings. The van der Waals surface area contributed by atoms with Crippen LogP contribution in [0.15, 0.2) is 247 Å². The molecule has 0 N–H and O–H groups in total. The fourth-order valence-corrected chi connectivity index (χ4v) is 9.54. The predicted molar refractivity (Wildman–Crippen MR) is 264 cm³/mol. The van der Waals surface area contributed by atoms with E-state index in [-0.39, 0.29) is 0 Å². The van der Waals surface area contributed by atoms with E-state index in [9.17, 15) is 0 Å². The van der Waals surface area contributed by atoms with Gasteiger partial charge in [0.25, 0.3) is 0 Å². The molecule has 296 valence electrons. The quantitative estimate of drug-likeness (QED) is 0.153. The number of aromatic nitrogens is 1. The van der Waals surface area contributed by atoms with Gasteiger partial charge in [-0.15, -0.1) is 0 Å². The first kappa shape index (κ1) is 36.5. The van der Waals surface area contributed by atoms with E-state index in [0.29, 0.717) is 0 Å². The summed E-state index contributed by atoms with van der Waals surface area (Å²) in [6, 6.07) is 86.9. The predicted octanol–water partition coefficient (Wildman–Crippen LogP) is 16.8. The smallest absolute Gasteiger partial charge is 0.137 e. The van der Waals surface area contributed by atoms with Crippen LogP contribution in [0, 0.1) is 0 Å². The molecule has 63 heavy (non-hydrogen) atoms. The van der Waals surface area contributed by atoms with Crippen molar-refractivity contribution in [2.24, 2.45) is 0 Å². The summed E-state index contributed by atoms with van der Waals surface area (Å²) in [5, 5.41) is 4.73. The summed E-state index contributed by atoms with van der Waals surface area (Å²) in [5.41, 5.74) is 17.8. The Balaban J connectivity index is 0.985. The number of anilines is 3. The molecular formula is C60H40N2O. The fraction of sp³-hybridized carbons (Fsp3) is 0. The number of nitrogens with zero attached hydrogens (tertiary/aromatic N) is 2. The number of hydrogen-bond donors (Lipinski definition) is 0. The summed E-state index contributed by atoms with van der Waals surface area (Å²) in [6.45, 7) is 0. The highest BCUT2D eigenvalue weighted by Gasteiger charge is 2.20. The topological polar surface area (TPSA) is 21.3 Å². The Bertz CT molecular complexity index is 3550. The first-order chi connectivity index (χ1) is 31.3. The van der Waals surface area contributed by atoms with Crippen molar-refractivity contribution in [2.45, 2.75) is 0 Å². The van der Waals surface area contributed by atoms with E-state index in [1.54, 1.807) is 0 Å². The Labute approximate surface area is 366 Å². The van der Waals surface area contributed by atoms with Gasteiger partial charge in [0, 0.05) is 50.2 Å². The molecule has 0 saturated heterocycles. The maximum absolute atomic E-state index is 6.67. The molecular weight excluding hydrogens is 765 g/mol. The van der Waals surface area contributed by atoms with Crippen molar-refractivity contribution in [1.29, 1.82) is 0 Å². The van der Waals surface area contributed by atoms with Gasteiger partial charge >= 0.3 is 0 Å². The van der Waals surface area contributed by atoms with Crippen molar-refractivity contribution >= 4 is 60.8 Å². The lowest BCUT2D eigenvalue weighted by molar-refractivity contribution is 0.669. The highest BCUT2D eigenvalue weighted by molar-refractivity contribution is 6.13. The minimum atomic E-state index is 0.848. The van der Waals surface area contributed by atoms with E-state index in [2.05, 4.69) is 252 Å². The molecule has 0 amide bonds. The van der Waals surface area contributed by atoms with Gasteiger partial charge in [0.1, 0.15) is 11.2 Å². The molecule has 0 bridgehead atoms. The Morgan fingerprint density at radius 3 is 1.38 bits per heavy atom. The molecule has 2 aromatic heterocycles. The Kier molecular flexibility index (Phi) is 8.83. The van der Waals surface area contributed by atoms with Crippen LogP contribution in [0.5, 0.6) is 0 Å². The zero-order chi connectivity index (χ0) is 41.7. The van der Waals surface area contributed by atoms with Crippen LogP contribution in [-0.4, -0.2) is 4.57 Å². The number of benzene rings is 10. The molecule has 0 spiro atoms. The summed E-state index contributed by atoms with van der Waals surface area (Å²) in [4.78, 5) is 2.33. The van der Waals surface area contributed by atoms with Crippen molar-refractivity contribution in [2.75, 3.05) is 4.90 Å². The third kappa shape index (κ3) is 6.29. The van der Waals surface area contributed by atoms with Crippen LogP contribution in [-0.2, 0) is 0 Å². The first-order valence-electron chi connectivity index (χ1n) is 21.5. The number of rotatable bonds is 8. The van der Waals surface area contributed by atoms with Gasteiger partial charge in [-0.25, -0.2) is 0 Å². The minimum Gasteiger partial charge on any atom is -0.456 e. The van der Waals surface area contributed by atoms with Crippen molar-refractivity contribution in [3.8, 4) is 50.2 Å². The highest BCUT2D eigenvalue weighted by atomic mass is 16.3. The van der Waals surface area contributed by atoms with Crippen LogP contribution in [0.25, 0.3) is 93.9 Å². The van der Waals surface area contributed by atoms with Gasteiger partial charge in [0.05, 0.1) is 16.7 Å². The average molecular weight is 805 g/mol. The summed E-state index contributed by atoms with van der Waals surface area (Å²) in [5.74, 6) is 0. The number of para-hydroxylation sites is 3. The van der Waals surface area contributed by atoms with E-state index < -0.39 is 0 Å². The van der Waals surface area contributed by atoms with Crippen LogP contribution < -0.4 is 4.90 Å². The SMILES string of the molecule is c1ccc(-c2ccccc2-c2ccc(N(c3ccc(-c4ccccc4-n4c5ccccc5c5ccccc54)cc3)c3ccc4c(c3)oc3cccc(-c5ccccc5)c34)cc2)cc1. The maximum atomic E-state index is 6.67. The number of fused-ring (bicyclic) bond motifs is 6. The van der Waals surface area contributed by atoms with Crippen molar-refractivity contribution in [3.05, 3.63) is 243 Å². The molecule has 0 aliphatic carbocycles. The summed E-state index contributed by atoms with van der Waals surface area (Å²) < 4.78 is 9.07. The lowest BCUT2D eigenvalue weighted by Crippen LogP contribution is -2.09. The van der Waals surface area contributed by atoms with Crippen LogP contribution in [0.3, 0.4) is 0 Å². The number of hydrogen-bond acceptors (Lipinski definition) is 2. The minimum absolute atomic E-state index is 0.848. The molecule has 2 heterocycles. The molecule has 0 atom stereocenters. The third-order valence-corrected chi connectivity index (χ3v) is 12.4. The zero-order valence-corrected chi connectivity index (χ0v) is 34.4. The first-order valence-corrected chi connectivity index (χ1v) is 21.5. The molecule has 0 aliphatic heterocycles. The zero-order valence-electron chi connectivity index (χ0n) is 34.4. The fourth-order valence-electron chi connectivity index (χ4n) is 9.54. The summed E-state index contributed by atoms with van der Waals surface area (Å²) >= 11 is 0.